The third kappa shape index (κ3) is 4.11. The second-order valence-corrected chi connectivity index (χ2v) is 8.15. The lowest BCUT2D eigenvalue weighted by Gasteiger charge is -2.49. The SMILES string of the molecule is CC1=C(c2nc(C)no2)N2C(=O)[C@@H](NC(=O)COc3ccc(C(F)(F)F)cc3)[C@H]2SC1. The first kappa shape index (κ1) is 21.2. The van der Waals surface area contributed by atoms with E-state index in [1.165, 1.54) is 16.7 Å². The van der Waals surface area contributed by atoms with Crippen LogP contribution >= 0.6 is 11.8 Å². The van der Waals surface area contributed by atoms with E-state index < -0.39 is 30.3 Å². The summed E-state index contributed by atoms with van der Waals surface area (Å²) in [4.78, 5) is 30.7. The van der Waals surface area contributed by atoms with Crippen LogP contribution in [-0.2, 0) is 15.8 Å². The third-order valence-electron chi connectivity index (χ3n) is 4.76. The predicted molar refractivity (Wildman–Crippen MR) is 104 cm³/mol. The van der Waals surface area contributed by atoms with Gasteiger partial charge in [-0.2, -0.15) is 18.2 Å². The number of aryl methyl sites for hydroxylation is 1. The fraction of sp³-hybridized carbons (Fsp3) is 0.368. The Kier molecular flexibility index (Phi) is 5.42. The molecule has 2 aliphatic heterocycles. The van der Waals surface area contributed by atoms with Crippen LogP contribution in [0.3, 0.4) is 0 Å². The summed E-state index contributed by atoms with van der Waals surface area (Å²) >= 11 is 1.49. The second-order valence-electron chi connectivity index (χ2n) is 7.04. The van der Waals surface area contributed by atoms with Gasteiger partial charge in [0.25, 0.3) is 17.7 Å². The zero-order chi connectivity index (χ0) is 22.3. The molecule has 1 aromatic carbocycles. The van der Waals surface area contributed by atoms with Crippen molar-refractivity contribution in [3.8, 4) is 5.75 Å². The number of thioether (sulfide) groups is 1. The Bertz CT molecular complexity index is 1050. The molecule has 8 nitrogen and oxygen atoms in total. The van der Waals surface area contributed by atoms with Crippen LogP contribution in [0.4, 0.5) is 13.2 Å². The maximum absolute atomic E-state index is 12.7. The number of carbonyl (C=O) groups is 2. The molecule has 2 amide bonds. The van der Waals surface area contributed by atoms with Gasteiger partial charge >= 0.3 is 6.18 Å². The Balaban J connectivity index is 1.36. The van der Waals surface area contributed by atoms with Gasteiger partial charge in [-0.15, -0.1) is 11.8 Å². The number of carbonyl (C=O) groups excluding carboxylic acids is 2. The van der Waals surface area contributed by atoms with E-state index in [0.29, 0.717) is 17.3 Å². The molecule has 0 bridgehead atoms. The number of benzene rings is 1. The summed E-state index contributed by atoms with van der Waals surface area (Å²) in [5, 5.41) is 6.05. The quantitative estimate of drug-likeness (QED) is 0.694. The van der Waals surface area contributed by atoms with Crippen LogP contribution in [0.15, 0.2) is 34.4 Å². The van der Waals surface area contributed by atoms with Crippen molar-refractivity contribution in [1.29, 1.82) is 0 Å². The summed E-state index contributed by atoms with van der Waals surface area (Å²) in [7, 11) is 0. The Hall–Kier alpha value is -3.02. The van der Waals surface area contributed by atoms with Crippen molar-refractivity contribution in [2.45, 2.75) is 31.4 Å². The minimum atomic E-state index is -4.45. The number of hydrogen-bond donors (Lipinski definition) is 1. The van der Waals surface area contributed by atoms with Crippen LogP contribution in [-0.4, -0.2) is 50.6 Å². The number of amides is 2. The molecule has 1 saturated heterocycles. The molecule has 0 spiro atoms. The van der Waals surface area contributed by atoms with E-state index in [-0.39, 0.29) is 22.9 Å². The van der Waals surface area contributed by atoms with E-state index >= 15 is 0 Å². The monoisotopic (exact) mass is 454 g/mol. The molecule has 0 radical (unpaired) electrons. The van der Waals surface area contributed by atoms with Gasteiger partial charge in [-0.05, 0) is 43.7 Å². The van der Waals surface area contributed by atoms with E-state index in [1.54, 1.807) is 6.92 Å². The molecule has 0 unspecified atom stereocenters. The first-order valence-electron chi connectivity index (χ1n) is 9.19. The lowest BCUT2D eigenvalue weighted by Crippen LogP contribution is -2.69. The number of hydrogen-bond acceptors (Lipinski definition) is 7. The highest BCUT2D eigenvalue weighted by molar-refractivity contribution is 8.00. The van der Waals surface area contributed by atoms with E-state index in [1.807, 2.05) is 6.92 Å². The average Bonchev–Trinajstić information content (AvgIpc) is 3.15. The third-order valence-corrected chi connectivity index (χ3v) is 6.18. The first-order chi connectivity index (χ1) is 14.6. The topological polar surface area (TPSA) is 97.6 Å². The van der Waals surface area contributed by atoms with Crippen molar-refractivity contribution in [2.75, 3.05) is 12.4 Å². The van der Waals surface area contributed by atoms with Gasteiger partial charge in [0.15, 0.2) is 12.4 Å². The molecule has 0 saturated carbocycles. The van der Waals surface area contributed by atoms with Crippen molar-refractivity contribution < 1.29 is 32.0 Å². The molecule has 3 heterocycles. The maximum Gasteiger partial charge on any atom is 0.416 e. The van der Waals surface area contributed by atoms with Gasteiger partial charge in [-0.1, -0.05) is 5.16 Å². The van der Waals surface area contributed by atoms with Gasteiger partial charge in [0, 0.05) is 5.75 Å². The summed E-state index contributed by atoms with van der Waals surface area (Å²) in [5.74, 6) is 0.571. The average molecular weight is 454 g/mol. The maximum atomic E-state index is 12.7. The van der Waals surface area contributed by atoms with Crippen molar-refractivity contribution in [2.24, 2.45) is 0 Å². The standard InChI is InChI=1S/C19H17F3N4O4S/c1-9-8-31-18-14(17(28)26(18)15(9)16-23-10(2)25-30-16)24-13(27)7-29-12-5-3-11(4-6-12)19(20,21)22/h3-6,14,18H,7-8H2,1-2H3,(H,24,27)/t14-,18-/m1/s1. The van der Waals surface area contributed by atoms with Crippen LogP contribution in [0.1, 0.15) is 24.2 Å². The zero-order valence-electron chi connectivity index (χ0n) is 16.4. The van der Waals surface area contributed by atoms with Crippen LogP contribution in [0.2, 0.25) is 0 Å². The number of nitrogens with zero attached hydrogens (tertiary/aromatic N) is 3. The Morgan fingerprint density at radius 2 is 2.03 bits per heavy atom. The molecule has 2 aromatic rings. The van der Waals surface area contributed by atoms with Crippen molar-refractivity contribution >= 4 is 29.3 Å². The molecule has 1 fully saturated rings. The molecular formula is C19H17F3N4O4S. The van der Waals surface area contributed by atoms with E-state index in [4.69, 9.17) is 9.26 Å². The van der Waals surface area contributed by atoms with Crippen molar-refractivity contribution in [3.05, 3.63) is 47.1 Å². The summed E-state index contributed by atoms with van der Waals surface area (Å²) in [6.07, 6.45) is -4.45. The molecule has 164 valence electrons. The van der Waals surface area contributed by atoms with E-state index in [2.05, 4.69) is 15.5 Å². The van der Waals surface area contributed by atoms with Gasteiger partial charge in [0.2, 0.25) is 0 Å². The molecular weight excluding hydrogens is 437 g/mol. The Morgan fingerprint density at radius 1 is 1.32 bits per heavy atom. The second kappa shape index (κ2) is 7.91. The number of alkyl halides is 3. The summed E-state index contributed by atoms with van der Waals surface area (Å²) in [6.45, 7) is 3.11. The summed E-state index contributed by atoms with van der Waals surface area (Å²) < 4.78 is 48.2. The van der Waals surface area contributed by atoms with Gasteiger partial charge in [-0.25, -0.2) is 0 Å². The van der Waals surface area contributed by atoms with Crippen LogP contribution in [0.5, 0.6) is 5.75 Å². The predicted octanol–water partition coefficient (Wildman–Crippen LogP) is 2.61. The highest BCUT2D eigenvalue weighted by Crippen LogP contribution is 2.43. The lowest BCUT2D eigenvalue weighted by atomic mass is 10.0. The molecule has 12 heteroatoms. The zero-order valence-corrected chi connectivity index (χ0v) is 17.2. The van der Waals surface area contributed by atoms with Gasteiger partial charge < -0.3 is 14.6 Å². The molecule has 0 aliphatic carbocycles. The molecule has 2 atom stereocenters. The number of nitrogens with one attached hydrogen (secondary N) is 1. The Labute approximate surface area is 178 Å². The smallest absolute Gasteiger partial charge is 0.416 e. The molecule has 1 N–H and O–H groups in total. The first-order valence-corrected chi connectivity index (χ1v) is 10.2. The summed E-state index contributed by atoms with van der Waals surface area (Å²) in [6, 6.07) is 3.26. The molecule has 4 rings (SSSR count). The number of ether oxygens (including phenoxy) is 1. The number of halogens is 3. The van der Waals surface area contributed by atoms with Crippen LogP contribution < -0.4 is 10.1 Å². The van der Waals surface area contributed by atoms with Crippen molar-refractivity contribution in [1.82, 2.24) is 20.4 Å². The molecule has 2 aliphatic rings. The summed E-state index contributed by atoms with van der Waals surface area (Å²) in [5.41, 5.74) is 0.656. The van der Waals surface area contributed by atoms with Gasteiger partial charge in [0.05, 0.1) is 5.56 Å². The van der Waals surface area contributed by atoms with E-state index in [0.717, 1.165) is 29.8 Å². The number of rotatable bonds is 5. The fourth-order valence-corrected chi connectivity index (χ4v) is 4.57. The largest absolute Gasteiger partial charge is 0.484 e. The fourth-order valence-electron chi connectivity index (χ4n) is 3.27. The Morgan fingerprint density at radius 3 is 2.65 bits per heavy atom. The molecule has 31 heavy (non-hydrogen) atoms. The van der Waals surface area contributed by atoms with Gasteiger partial charge in [0.1, 0.15) is 22.9 Å². The highest BCUT2D eigenvalue weighted by atomic mass is 32.2. The van der Waals surface area contributed by atoms with Crippen LogP contribution in [0, 0.1) is 6.92 Å². The van der Waals surface area contributed by atoms with Gasteiger partial charge in [-0.3, -0.25) is 14.5 Å². The minimum Gasteiger partial charge on any atom is -0.484 e. The number of aromatic nitrogens is 2. The lowest BCUT2D eigenvalue weighted by molar-refractivity contribution is -0.144. The minimum absolute atomic E-state index is 0.115. The molecule has 1 aromatic heterocycles. The number of β-lactam (4-membered cyclic amide) rings is 1. The normalized spacial score (nSPS) is 20.9. The van der Waals surface area contributed by atoms with E-state index in [9.17, 15) is 22.8 Å². The highest BCUT2D eigenvalue weighted by Gasteiger charge is 2.53. The van der Waals surface area contributed by atoms with Crippen molar-refractivity contribution in [3.63, 3.8) is 0 Å². The number of fused-ring (bicyclic) bond motifs is 1. The van der Waals surface area contributed by atoms with Crippen LogP contribution in [0.25, 0.3) is 5.70 Å².